The average molecular weight is 193 g/mol. The maximum absolute atomic E-state index is 5.71. The fraction of sp³-hybridized carbons (Fsp3) is 0.455. The van der Waals surface area contributed by atoms with Gasteiger partial charge in [0.1, 0.15) is 0 Å². The summed E-state index contributed by atoms with van der Waals surface area (Å²) in [7, 11) is 1.65. The fourth-order valence-electron chi connectivity index (χ4n) is 1.31. The van der Waals surface area contributed by atoms with E-state index in [-0.39, 0.29) is 0 Å². The molecule has 76 valence electrons. The fourth-order valence-corrected chi connectivity index (χ4v) is 1.31. The lowest BCUT2D eigenvalue weighted by atomic mass is 10.2. The number of methoxy groups -OCH3 is 1. The molecule has 0 saturated heterocycles. The highest BCUT2D eigenvalue weighted by Gasteiger charge is 2.24. The summed E-state index contributed by atoms with van der Waals surface area (Å²) < 4.78 is 10.9. The Morgan fingerprint density at radius 1 is 1.36 bits per heavy atom. The number of nitrogens with two attached hydrogens (primary N) is 1. The zero-order chi connectivity index (χ0) is 9.97. The van der Waals surface area contributed by atoms with E-state index in [1.807, 2.05) is 18.2 Å². The van der Waals surface area contributed by atoms with Crippen molar-refractivity contribution in [1.82, 2.24) is 0 Å². The molecule has 1 fully saturated rings. The Morgan fingerprint density at radius 3 is 2.71 bits per heavy atom. The van der Waals surface area contributed by atoms with Crippen LogP contribution >= 0.6 is 0 Å². The highest BCUT2D eigenvalue weighted by molar-refractivity contribution is 5.43. The van der Waals surface area contributed by atoms with Gasteiger partial charge in [-0.2, -0.15) is 0 Å². The lowest BCUT2D eigenvalue weighted by Crippen LogP contribution is -2.01. The van der Waals surface area contributed by atoms with Crippen LogP contribution in [0, 0.1) is 0 Å². The minimum absolute atomic E-state index is 0.386. The Bertz CT molecular complexity index is 321. The molecule has 0 aromatic heterocycles. The summed E-state index contributed by atoms with van der Waals surface area (Å²) in [5, 5.41) is 0. The lowest BCUT2D eigenvalue weighted by molar-refractivity contribution is 0.282. The lowest BCUT2D eigenvalue weighted by Gasteiger charge is -2.10. The van der Waals surface area contributed by atoms with E-state index in [1.54, 1.807) is 7.11 Å². The second-order valence-corrected chi connectivity index (χ2v) is 3.51. The van der Waals surface area contributed by atoms with Gasteiger partial charge in [-0.3, -0.25) is 0 Å². The topological polar surface area (TPSA) is 44.5 Å². The first kappa shape index (κ1) is 9.34. The van der Waals surface area contributed by atoms with Crippen molar-refractivity contribution in [1.29, 1.82) is 0 Å². The standard InChI is InChI=1S/C11H15NO2/c1-13-10-5-2-8(7-12)6-11(10)14-9-3-4-9/h2,5-6,9H,3-4,7,12H2,1H3. The molecule has 1 aromatic carbocycles. The Kier molecular flexibility index (Phi) is 2.59. The van der Waals surface area contributed by atoms with Crippen LogP contribution in [0.2, 0.25) is 0 Å². The average Bonchev–Trinajstić information content (AvgIpc) is 3.01. The van der Waals surface area contributed by atoms with E-state index in [0.29, 0.717) is 12.6 Å². The molecule has 0 bridgehead atoms. The minimum atomic E-state index is 0.386. The van der Waals surface area contributed by atoms with Gasteiger partial charge < -0.3 is 15.2 Å². The zero-order valence-electron chi connectivity index (χ0n) is 8.32. The molecule has 2 N–H and O–H groups in total. The van der Waals surface area contributed by atoms with E-state index in [2.05, 4.69) is 0 Å². The Morgan fingerprint density at radius 2 is 2.14 bits per heavy atom. The molecule has 0 amide bonds. The van der Waals surface area contributed by atoms with Crippen LogP contribution < -0.4 is 15.2 Å². The largest absolute Gasteiger partial charge is 0.493 e. The van der Waals surface area contributed by atoms with Crippen LogP contribution in [-0.2, 0) is 6.54 Å². The van der Waals surface area contributed by atoms with Gasteiger partial charge in [-0.25, -0.2) is 0 Å². The predicted octanol–water partition coefficient (Wildman–Crippen LogP) is 1.70. The summed E-state index contributed by atoms with van der Waals surface area (Å²) in [6, 6.07) is 5.82. The van der Waals surface area contributed by atoms with Gasteiger partial charge >= 0.3 is 0 Å². The van der Waals surface area contributed by atoms with Crippen LogP contribution in [0.4, 0.5) is 0 Å². The SMILES string of the molecule is COc1ccc(CN)cc1OC1CC1. The summed E-state index contributed by atoms with van der Waals surface area (Å²) in [5.74, 6) is 1.60. The normalized spacial score (nSPS) is 15.3. The highest BCUT2D eigenvalue weighted by Crippen LogP contribution is 2.34. The molecule has 1 aromatic rings. The maximum Gasteiger partial charge on any atom is 0.161 e. The molecule has 0 heterocycles. The quantitative estimate of drug-likeness (QED) is 0.791. The first-order valence-electron chi connectivity index (χ1n) is 4.87. The molecule has 2 rings (SSSR count). The second kappa shape index (κ2) is 3.88. The van der Waals surface area contributed by atoms with E-state index >= 15 is 0 Å². The molecule has 0 spiro atoms. The van der Waals surface area contributed by atoms with Gasteiger partial charge in [0, 0.05) is 6.54 Å². The van der Waals surface area contributed by atoms with E-state index in [9.17, 15) is 0 Å². The third-order valence-electron chi connectivity index (χ3n) is 2.28. The summed E-state index contributed by atoms with van der Waals surface area (Å²) in [6.07, 6.45) is 2.68. The monoisotopic (exact) mass is 193 g/mol. The molecule has 1 aliphatic carbocycles. The van der Waals surface area contributed by atoms with Gasteiger partial charge in [0.05, 0.1) is 13.2 Å². The minimum Gasteiger partial charge on any atom is -0.493 e. The van der Waals surface area contributed by atoms with Gasteiger partial charge in [-0.05, 0) is 30.5 Å². The van der Waals surface area contributed by atoms with Gasteiger partial charge in [0.2, 0.25) is 0 Å². The van der Waals surface area contributed by atoms with Gasteiger partial charge in [-0.1, -0.05) is 6.07 Å². The van der Waals surface area contributed by atoms with Crippen molar-refractivity contribution in [3.63, 3.8) is 0 Å². The van der Waals surface area contributed by atoms with Gasteiger partial charge in [0.15, 0.2) is 11.5 Å². The van der Waals surface area contributed by atoms with Crippen molar-refractivity contribution in [3.8, 4) is 11.5 Å². The summed E-state index contributed by atoms with van der Waals surface area (Å²) in [4.78, 5) is 0. The third-order valence-corrected chi connectivity index (χ3v) is 2.28. The van der Waals surface area contributed by atoms with E-state index in [0.717, 1.165) is 29.9 Å². The molecule has 0 unspecified atom stereocenters. The third kappa shape index (κ3) is 1.99. The second-order valence-electron chi connectivity index (χ2n) is 3.51. The van der Waals surface area contributed by atoms with Crippen molar-refractivity contribution < 1.29 is 9.47 Å². The number of benzene rings is 1. The van der Waals surface area contributed by atoms with E-state index < -0.39 is 0 Å². The first-order chi connectivity index (χ1) is 6.83. The van der Waals surface area contributed by atoms with Crippen molar-refractivity contribution in [2.45, 2.75) is 25.5 Å². The van der Waals surface area contributed by atoms with Gasteiger partial charge in [0.25, 0.3) is 0 Å². The van der Waals surface area contributed by atoms with Gasteiger partial charge in [-0.15, -0.1) is 0 Å². The molecule has 0 atom stereocenters. The molecule has 3 nitrogen and oxygen atoms in total. The van der Waals surface area contributed by atoms with Crippen molar-refractivity contribution >= 4 is 0 Å². The number of ether oxygens (including phenoxy) is 2. The van der Waals surface area contributed by atoms with Crippen LogP contribution in [0.1, 0.15) is 18.4 Å². The Labute approximate surface area is 83.8 Å². The van der Waals surface area contributed by atoms with E-state index in [1.165, 1.54) is 0 Å². The van der Waals surface area contributed by atoms with Crippen LogP contribution in [-0.4, -0.2) is 13.2 Å². The highest BCUT2D eigenvalue weighted by atomic mass is 16.5. The van der Waals surface area contributed by atoms with Crippen molar-refractivity contribution in [2.75, 3.05) is 7.11 Å². The Balaban J connectivity index is 2.21. The smallest absolute Gasteiger partial charge is 0.161 e. The number of hydrogen-bond acceptors (Lipinski definition) is 3. The molecule has 14 heavy (non-hydrogen) atoms. The van der Waals surface area contributed by atoms with Crippen LogP contribution in [0.15, 0.2) is 18.2 Å². The first-order valence-corrected chi connectivity index (χ1v) is 4.87. The molecule has 1 aliphatic rings. The van der Waals surface area contributed by atoms with E-state index in [4.69, 9.17) is 15.2 Å². The summed E-state index contributed by atoms with van der Waals surface area (Å²) in [5.41, 5.74) is 6.63. The van der Waals surface area contributed by atoms with Crippen LogP contribution in [0.25, 0.3) is 0 Å². The van der Waals surface area contributed by atoms with Crippen molar-refractivity contribution in [3.05, 3.63) is 23.8 Å². The molecular formula is C11H15NO2. The predicted molar refractivity (Wildman–Crippen MR) is 54.5 cm³/mol. The summed E-state index contributed by atoms with van der Waals surface area (Å²) in [6.45, 7) is 0.533. The Hall–Kier alpha value is -1.22. The van der Waals surface area contributed by atoms with Crippen LogP contribution in [0.5, 0.6) is 11.5 Å². The molecule has 1 saturated carbocycles. The van der Waals surface area contributed by atoms with Crippen LogP contribution in [0.3, 0.4) is 0 Å². The number of hydrogen-bond donors (Lipinski definition) is 1. The number of rotatable bonds is 4. The zero-order valence-corrected chi connectivity index (χ0v) is 8.32. The molecule has 3 heteroatoms. The maximum atomic E-state index is 5.71. The molecular weight excluding hydrogens is 178 g/mol. The molecule has 0 radical (unpaired) electrons. The van der Waals surface area contributed by atoms with Crippen molar-refractivity contribution in [2.24, 2.45) is 5.73 Å². The summed E-state index contributed by atoms with van der Waals surface area (Å²) >= 11 is 0. The molecule has 0 aliphatic heterocycles.